The highest BCUT2D eigenvalue weighted by molar-refractivity contribution is 5.97. The summed E-state index contributed by atoms with van der Waals surface area (Å²) in [6, 6.07) is 7.38. The Kier molecular flexibility index (Phi) is 4.30. The first-order valence-electron chi connectivity index (χ1n) is 6.16. The molecule has 1 amide bonds. The summed E-state index contributed by atoms with van der Waals surface area (Å²) in [5, 5.41) is 3.68. The van der Waals surface area contributed by atoms with Crippen LogP contribution in [-0.2, 0) is 0 Å². The third-order valence-corrected chi connectivity index (χ3v) is 2.82. The largest absolute Gasteiger partial charge is 0.497 e. The minimum absolute atomic E-state index is 0.134. The first kappa shape index (κ1) is 13.3. The summed E-state index contributed by atoms with van der Waals surface area (Å²) >= 11 is 0. The molecule has 1 aromatic heterocycles. The fourth-order valence-electron chi connectivity index (χ4n) is 1.77. The third kappa shape index (κ3) is 3.20. The highest BCUT2D eigenvalue weighted by Crippen LogP contribution is 2.19. The van der Waals surface area contributed by atoms with Gasteiger partial charge in [0, 0.05) is 18.1 Å². The fraction of sp³-hybridized carbons (Fsp3) is 0.286. The van der Waals surface area contributed by atoms with Crippen LogP contribution in [0, 0.1) is 0 Å². The number of aromatic nitrogens is 1. The molecule has 19 heavy (non-hydrogen) atoms. The van der Waals surface area contributed by atoms with Crippen molar-refractivity contribution in [3.63, 3.8) is 0 Å². The lowest BCUT2D eigenvalue weighted by Gasteiger charge is -2.06. The van der Waals surface area contributed by atoms with Crippen LogP contribution in [0.4, 0.5) is 0 Å². The molecule has 1 aromatic carbocycles. The number of carbonyl (C=O) groups is 1. The van der Waals surface area contributed by atoms with Crippen molar-refractivity contribution in [3.8, 4) is 5.75 Å². The third-order valence-electron chi connectivity index (χ3n) is 2.82. The predicted octanol–water partition coefficient (Wildman–Crippen LogP) is 1.32. The van der Waals surface area contributed by atoms with E-state index in [1.54, 1.807) is 13.3 Å². The molecule has 0 saturated carbocycles. The number of methoxy groups -OCH3 is 1. The number of fused-ring (bicyclic) bond motifs is 1. The van der Waals surface area contributed by atoms with E-state index >= 15 is 0 Å². The minimum Gasteiger partial charge on any atom is -0.497 e. The number of nitrogens with one attached hydrogen (secondary N) is 1. The Morgan fingerprint density at radius 2 is 2.26 bits per heavy atom. The first-order valence-corrected chi connectivity index (χ1v) is 6.16. The van der Waals surface area contributed by atoms with E-state index in [9.17, 15) is 4.79 Å². The smallest absolute Gasteiger partial charge is 0.252 e. The highest BCUT2D eigenvalue weighted by atomic mass is 16.5. The van der Waals surface area contributed by atoms with Crippen molar-refractivity contribution >= 4 is 16.8 Å². The van der Waals surface area contributed by atoms with Crippen LogP contribution in [0.15, 0.2) is 30.5 Å². The van der Waals surface area contributed by atoms with Gasteiger partial charge in [-0.05, 0) is 37.2 Å². The number of benzene rings is 1. The molecule has 0 aliphatic carbocycles. The fourth-order valence-corrected chi connectivity index (χ4v) is 1.77. The van der Waals surface area contributed by atoms with Gasteiger partial charge in [-0.15, -0.1) is 0 Å². The summed E-state index contributed by atoms with van der Waals surface area (Å²) in [5.74, 6) is 0.612. The van der Waals surface area contributed by atoms with Gasteiger partial charge >= 0.3 is 0 Å². The lowest BCUT2D eigenvalue weighted by Crippen LogP contribution is -2.26. The molecule has 0 fully saturated rings. The highest BCUT2D eigenvalue weighted by Gasteiger charge is 2.07. The average molecular weight is 259 g/mol. The van der Waals surface area contributed by atoms with Crippen molar-refractivity contribution in [1.29, 1.82) is 0 Å². The second-order valence-electron chi connectivity index (χ2n) is 4.18. The Morgan fingerprint density at radius 1 is 1.42 bits per heavy atom. The molecular formula is C14H17N3O2. The van der Waals surface area contributed by atoms with Gasteiger partial charge in [-0.25, -0.2) is 0 Å². The van der Waals surface area contributed by atoms with Gasteiger partial charge in [0.05, 0.1) is 18.2 Å². The van der Waals surface area contributed by atoms with Gasteiger partial charge in [0.25, 0.3) is 5.91 Å². The number of hydrogen-bond donors (Lipinski definition) is 2. The van der Waals surface area contributed by atoms with Crippen molar-refractivity contribution in [2.45, 2.75) is 6.42 Å². The van der Waals surface area contributed by atoms with E-state index in [4.69, 9.17) is 10.5 Å². The molecule has 0 spiro atoms. The molecule has 3 N–H and O–H groups in total. The van der Waals surface area contributed by atoms with E-state index in [0.29, 0.717) is 18.7 Å². The Bertz CT molecular complexity index is 584. The lowest BCUT2D eigenvalue weighted by atomic mass is 10.1. The van der Waals surface area contributed by atoms with Gasteiger partial charge in [-0.3, -0.25) is 9.78 Å². The zero-order valence-corrected chi connectivity index (χ0v) is 10.8. The second-order valence-corrected chi connectivity index (χ2v) is 4.18. The number of ether oxygens (including phenoxy) is 1. The number of hydrogen-bond acceptors (Lipinski definition) is 4. The molecular weight excluding hydrogens is 242 g/mol. The molecule has 0 radical (unpaired) electrons. The molecule has 0 bridgehead atoms. The summed E-state index contributed by atoms with van der Waals surface area (Å²) in [5.41, 5.74) is 6.75. The first-order chi connectivity index (χ1) is 9.24. The van der Waals surface area contributed by atoms with Crippen LogP contribution in [-0.4, -0.2) is 31.1 Å². The van der Waals surface area contributed by atoms with Crippen LogP contribution in [0.1, 0.15) is 16.8 Å². The summed E-state index contributed by atoms with van der Waals surface area (Å²) < 4.78 is 5.16. The van der Waals surface area contributed by atoms with E-state index in [2.05, 4.69) is 10.3 Å². The van der Waals surface area contributed by atoms with Crippen molar-refractivity contribution in [2.75, 3.05) is 20.2 Å². The molecule has 2 aromatic rings. The van der Waals surface area contributed by atoms with Crippen LogP contribution in [0.25, 0.3) is 10.9 Å². The molecule has 0 aliphatic rings. The average Bonchev–Trinajstić information content (AvgIpc) is 2.46. The van der Waals surface area contributed by atoms with Gasteiger partial charge in [0.15, 0.2) is 0 Å². The summed E-state index contributed by atoms with van der Waals surface area (Å²) in [6.07, 6.45) is 2.34. The number of carbonyl (C=O) groups excluding carboxylic acids is 1. The van der Waals surface area contributed by atoms with E-state index in [0.717, 1.165) is 23.1 Å². The molecule has 100 valence electrons. The molecule has 0 aliphatic heterocycles. The Morgan fingerprint density at radius 3 is 3.00 bits per heavy atom. The van der Waals surface area contributed by atoms with Gasteiger partial charge in [-0.2, -0.15) is 0 Å². The van der Waals surface area contributed by atoms with E-state index in [1.807, 2.05) is 24.3 Å². The number of nitrogens with two attached hydrogens (primary N) is 1. The van der Waals surface area contributed by atoms with Crippen molar-refractivity contribution in [3.05, 3.63) is 36.0 Å². The zero-order valence-electron chi connectivity index (χ0n) is 10.8. The molecule has 0 unspecified atom stereocenters. The maximum atomic E-state index is 11.9. The van der Waals surface area contributed by atoms with E-state index in [-0.39, 0.29) is 5.91 Å². The van der Waals surface area contributed by atoms with Crippen LogP contribution in [0.3, 0.4) is 0 Å². The van der Waals surface area contributed by atoms with Gasteiger partial charge in [0.2, 0.25) is 0 Å². The molecule has 2 rings (SSSR count). The summed E-state index contributed by atoms with van der Waals surface area (Å²) in [7, 11) is 1.61. The van der Waals surface area contributed by atoms with Gasteiger partial charge in [-0.1, -0.05) is 0 Å². The predicted molar refractivity (Wildman–Crippen MR) is 74.3 cm³/mol. The molecule has 0 saturated heterocycles. The second kappa shape index (κ2) is 6.15. The lowest BCUT2D eigenvalue weighted by molar-refractivity contribution is 0.0953. The van der Waals surface area contributed by atoms with Gasteiger partial charge in [0.1, 0.15) is 5.75 Å². The van der Waals surface area contributed by atoms with Crippen molar-refractivity contribution in [1.82, 2.24) is 10.3 Å². The number of pyridine rings is 1. The number of nitrogens with zero attached hydrogens (tertiary/aromatic N) is 1. The molecule has 0 atom stereocenters. The summed E-state index contributed by atoms with van der Waals surface area (Å²) in [6.45, 7) is 1.14. The topological polar surface area (TPSA) is 77.2 Å². The maximum Gasteiger partial charge on any atom is 0.252 e. The molecule has 1 heterocycles. The number of rotatable bonds is 5. The standard InChI is InChI=1S/C14H17N3O2/c1-19-12-3-4-13-10(8-12)7-11(9-17-13)14(18)16-6-2-5-15/h3-4,7-9H,2,5-6,15H2,1H3,(H,16,18). The Labute approximate surface area is 111 Å². The quantitative estimate of drug-likeness (QED) is 0.794. The van der Waals surface area contributed by atoms with Crippen molar-refractivity contribution < 1.29 is 9.53 Å². The Balaban J connectivity index is 2.22. The van der Waals surface area contributed by atoms with Crippen molar-refractivity contribution in [2.24, 2.45) is 5.73 Å². The molecule has 5 heteroatoms. The van der Waals surface area contributed by atoms with Crippen LogP contribution < -0.4 is 15.8 Å². The Hall–Kier alpha value is -2.14. The zero-order chi connectivity index (χ0) is 13.7. The number of amides is 1. The van der Waals surface area contributed by atoms with Crippen LogP contribution >= 0.6 is 0 Å². The van der Waals surface area contributed by atoms with Crippen LogP contribution in [0.5, 0.6) is 5.75 Å². The van der Waals surface area contributed by atoms with Gasteiger partial charge < -0.3 is 15.8 Å². The van der Waals surface area contributed by atoms with Crippen LogP contribution in [0.2, 0.25) is 0 Å². The maximum absolute atomic E-state index is 11.9. The summed E-state index contributed by atoms with van der Waals surface area (Å²) in [4.78, 5) is 16.2. The monoisotopic (exact) mass is 259 g/mol. The normalized spacial score (nSPS) is 10.4. The minimum atomic E-state index is -0.134. The SMILES string of the molecule is COc1ccc2ncc(C(=O)NCCCN)cc2c1. The molecule has 5 nitrogen and oxygen atoms in total. The van der Waals surface area contributed by atoms with E-state index in [1.165, 1.54) is 0 Å². The van der Waals surface area contributed by atoms with E-state index < -0.39 is 0 Å².